The summed E-state index contributed by atoms with van der Waals surface area (Å²) in [6, 6.07) is 17.2. The normalized spacial score (nSPS) is 16.5. The van der Waals surface area contributed by atoms with Gasteiger partial charge in [0.25, 0.3) is 5.91 Å². The molecule has 1 heterocycles. The number of hydrogen-bond donors (Lipinski definition) is 1. The van der Waals surface area contributed by atoms with E-state index in [0.29, 0.717) is 11.3 Å². The van der Waals surface area contributed by atoms with Crippen LogP contribution in [0.4, 0.5) is 0 Å². The van der Waals surface area contributed by atoms with Crippen molar-refractivity contribution in [3.63, 3.8) is 0 Å². The number of ether oxygens (including phenoxy) is 1. The lowest BCUT2D eigenvalue weighted by Gasteiger charge is -2.24. The molecule has 1 N–H and O–H groups in total. The van der Waals surface area contributed by atoms with Gasteiger partial charge in [-0.1, -0.05) is 30.3 Å². The quantitative estimate of drug-likeness (QED) is 0.933. The van der Waals surface area contributed by atoms with Crippen LogP contribution in [-0.2, 0) is 0 Å². The van der Waals surface area contributed by atoms with E-state index in [-0.39, 0.29) is 24.4 Å². The average molecular weight is 333 g/mol. The second-order valence-corrected chi connectivity index (χ2v) is 5.47. The van der Waals surface area contributed by atoms with Gasteiger partial charge in [0.05, 0.1) is 5.56 Å². The molecule has 0 spiro atoms. The van der Waals surface area contributed by atoms with E-state index in [1.807, 2.05) is 66.5 Å². The van der Waals surface area contributed by atoms with Crippen LogP contribution in [0.3, 0.4) is 0 Å². The number of para-hydroxylation sites is 2. The maximum Gasteiger partial charge on any atom is 0.257 e. The minimum Gasteiger partial charge on any atom is -0.457 e. The zero-order valence-corrected chi connectivity index (χ0v) is 13.9. The van der Waals surface area contributed by atoms with E-state index < -0.39 is 0 Å². The minimum absolute atomic E-state index is 0. The summed E-state index contributed by atoms with van der Waals surface area (Å²) in [7, 11) is 1.86. The van der Waals surface area contributed by atoms with Gasteiger partial charge in [-0.25, -0.2) is 0 Å². The highest BCUT2D eigenvalue weighted by Crippen LogP contribution is 2.26. The van der Waals surface area contributed by atoms with E-state index in [0.717, 1.165) is 25.3 Å². The largest absolute Gasteiger partial charge is 0.457 e. The van der Waals surface area contributed by atoms with Crippen molar-refractivity contribution in [1.29, 1.82) is 0 Å². The first kappa shape index (κ1) is 17.3. The molecule has 1 aliphatic heterocycles. The predicted molar refractivity (Wildman–Crippen MR) is 93.6 cm³/mol. The molecule has 23 heavy (non-hydrogen) atoms. The van der Waals surface area contributed by atoms with Crippen molar-refractivity contribution in [3.8, 4) is 11.5 Å². The molecule has 0 bridgehead atoms. The van der Waals surface area contributed by atoms with Crippen molar-refractivity contribution in [2.45, 2.75) is 12.5 Å². The molecule has 5 heteroatoms. The third kappa shape index (κ3) is 4.03. The molecule has 0 aromatic heterocycles. The van der Waals surface area contributed by atoms with Gasteiger partial charge < -0.3 is 15.0 Å². The number of nitrogens with one attached hydrogen (secondary N) is 1. The predicted octanol–water partition coefficient (Wildman–Crippen LogP) is 3.33. The maximum absolute atomic E-state index is 12.8. The van der Waals surface area contributed by atoms with Gasteiger partial charge in [-0.2, -0.15) is 0 Å². The Morgan fingerprint density at radius 2 is 1.83 bits per heavy atom. The monoisotopic (exact) mass is 332 g/mol. The van der Waals surface area contributed by atoms with Gasteiger partial charge in [-0.15, -0.1) is 12.4 Å². The number of rotatable bonds is 4. The minimum atomic E-state index is 0. The smallest absolute Gasteiger partial charge is 0.257 e. The molecule has 0 aliphatic carbocycles. The van der Waals surface area contributed by atoms with E-state index >= 15 is 0 Å². The first-order valence-corrected chi connectivity index (χ1v) is 7.55. The highest BCUT2D eigenvalue weighted by Gasteiger charge is 2.25. The van der Waals surface area contributed by atoms with Crippen LogP contribution in [0.25, 0.3) is 0 Å². The van der Waals surface area contributed by atoms with Crippen LogP contribution in [-0.4, -0.2) is 37.0 Å². The van der Waals surface area contributed by atoms with Gasteiger partial charge in [0.1, 0.15) is 11.5 Å². The SMILES string of the molecule is CN(C(=O)c1ccccc1Oc1ccccc1)C1CCNC1.Cl. The Hall–Kier alpha value is -2.04. The van der Waals surface area contributed by atoms with Crippen molar-refractivity contribution < 1.29 is 9.53 Å². The summed E-state index contributed by atoms with van der Waals surface area (Å²) in [6.45, 7) is 1.81. The first-order valence-electron chi connectivity index (χ1n) is 7.55. The van der Waals surface area contributed by atoms with Gasteiger partial charge in [0.2, 0.25) is 0 Å². The lowest BCUT2D eigenvalue weighted by atomic mass is 10.1. The number of nitrogens with zero attached hydrogens (tertiary/aromatic N) is 1. The molecule has 1 unspecified atom stereocenters. The lowest BCUT2D eigenvalue weighted by molar-refractivity contribution is 0.0741. The number of benzene rings is 2. The summed E-state index contributed by atoms with van der Waals surface area (Å²) in [5.74, 6) is 1.32. The van der Waals surface area contributed by atoms with E-state index in [1.54, 1.807) is 0 Å². The number of likely N-dealkylation sites (N-methyl/N-ethyl adjacent to an activating group) is 1. The molecule has 2 aromatic rings. The van der Waals surface area contributed by atoms with Crippen molar-refractivity contribution in [2.24, 2.45) is 0 Å². The molecule has 0 radical (unpaired) electrons. The molecule has 3 rings (SSSR count). The van der Waals surface area contributed by atoms with Gasteiger partial charge in [0.15, 0.2) is 0 Å². The third-order valence-electron chi connectivity index (χ3n) is 3.99. The fourth-order valence-corrected chi connectivity index (χ4v) is 2.67. The van der Waals surface area contributed by atoms with E-state index in [9.17, 15) is 4.79 Å². The molecule has 4 nitrogen and oxygen atoms in total. The van der Waals surface area contributed by atoms with Crippen molar-refractivity contribution in [2.75, 3.05) is 20.1 Å². The molecular weight excluding hydrogens is 312 g/mol. The van der Waals surface area contributed by atoms with Gasteiger partial charge in [0, 0.05) is 19.6 Å². The van der Waals surface area contributed by atoms with E-state index in [2.05, 4.69) is 5.32 Å². The fraction of sp³-hybridized carbons (Fsp3) is 0.278. The van der Waals surface area contributed by atoms with Crippen LogP contribution in [0, 0.1) is 0 Å². The molecular formula is C18H21ClN2O2. The topological polar surface area (TPSA) is 41.6 Å². The molecule has 1 saturated heterocycles. The molecule has 1 fully saturated rings. The summed E-state index contributed by atoms with van der Waals surface area (Å²) >= 11 is 0. The highest BCUT2D eigenvalue weighted by atomic mass is 35.5. The van der Waals surface area contributed by atoms with Crippen molar-refractivity contribution in [3.05, 3.63) is 60.2 Å². The van der Waals surface area contributed by atoms with Crippen LogP contribution in [0.15, 0.2) is 54.6 Å². The number of amides is 1. The van der Waals surface area contributed by atoms with E-state index in [4.69, 9.17) is 4.74 Å². The number of carbonyl (C=O) groups excluding carboxylic acids is 1. The van der Waals surface area contributed by atoms with Gasteiger partial charge >= 0.3 is 0 Å². The molecule has 1 aliphatic rings. The summed E-state index contributed by atoms with van der Waals surface area (Å²) in [5, 5.41) is 3.29. The summed E-state index contributed by atoms with van der Waals surface area (Å²) in [6.07, 6.45) is 0.990. The molecule has 1 amide bonds. The maximum atomic E-state index is 12.8. The molecule has 2 aromatic carbocycles. The Kier molecular flexibility index (Phi) is 6.02. The Bertz CT molecular complexity index is 642. The number of carbonyl (C=O) groups is 1. The third-order valence-corrected chi connectivity index (χ3v) is 3.99. The zero-order valence-electron chi connectivity index (χ0n) is 13.1. The second-order valence-electron chi connectivity index (χ2n) is 5.47. The molecule has 0 saturated carbocycles. The van der Waals surface area contributed by atoms with Crippen LogP contribution < -0.4 is 10.1 Å². The fourth-order valence-electron chi connectivity index (χ4n) is 2.67. The summed E-state index contributed by atoms with van der Waals surface area (Å²) in [5.41, 5.74) is 0.598. The average Bonchev–Trinajstić information content (AvgIpc) is 3.09. The standard InChI is InChI=1S/C18H20N2O2.ClH/c1-20(14-11-12-19-13-14)18(21)16-9-5-6-10-17(16)22-15-7-3-2-4-8-15;/h2-10,14,19H,11-13H2,1H3;1H. The number of hydrogen-bond acceptors (Lipinski definition) is 3. The first-order chi connectivity index (χ1) is 10.8. The highest BCUT2D eigenvalue weighted by molar-refractivity contribution is 5.97. The summed E-state index contributed by atoms with van der Waals surface area (Å²) in [4.78, 5) is 14.6. The Balaban J connectivity index is 0.00000192. The zero-order chi connectivity index (χ0) is 15.4. The van der Waals surface area contributed by atoms with Crippen molar-refractivity contribution >= 4 is 18.3 Å². The number of halogens is 1. The molecule has 1 atom stereocenters. The van der Waals surface area contributed by atoms with Gasteiger partial charge in [-0.05, 0) is 37.2 Å². The van der Waals surface area contributed by atoms with Gasteiger partial charge in [-0.3, -0.25) is 4.79 Å². The van der Waals surface area contributed by atoms with Crippen molar-refractivity contribution in [1.82, 2.24) is 10.2 Å². The lowest BCUT2D eigenvalue weighted by Crippen LogP contribution is -2.38. The van der Waals surface area contributed by atoms with Crippen LogP contribution in [0.2, 0.25) is 0 Å². The van der Waals surface area contributed by atoms with Crippen LogP contribution in [0.5, 0.6) is 11.5 Å². The Morgan fingerprint density at radius 1 is 1.13 bits per heavy atom. The Morgan fingerprint density at radius 3 is 2.52 bits per heavy atom. The Labute approximate surface area is 142 Å². The second kappa shape index (κ2) is 7.99. The van der Waals surface area contributed by atoms with E-state index in [1.165, 1.54) is 0 Å². The summed E-state index contributed by atoms with van der Waals surface area (Å²) < 4.78 is 5.88. The van der Waals surface area contributed by atoms with Crippen LogP contribution in [0.1, 0.15) is 16.8 Å². The van der Waals surface area contributed by atoms with Crippen LogP contribution >= 0.6 is 12.4 Å². The molecule has 122 valence electrons.